The minimum atomic E-state index is -0.0934. The van der Waals surface area contributed by atoms with Gasteiger partial charge in [-0.1, -0.05) is 20.3 Å². The van der Waals surface area contributed by atoms with Crippen LogP contribution in [0.5, 0.6) is 0 Å². The summed E-state index contributed by atoms with van der Waals surface area (Å²) < 4.78 is 0. The zero-order chi connectivity index (χ0) is 12.8. The summed E-state index contributed by atoms with van der Waals surface area (Å²) in [4.78, 5) is 18.1. The molecule has 0 aliphatic heterocycles. The summed E-state index contributed by atoms with van der Waals surface area (Å²) in [5, 5.41) is 2.64. The van der Waals surface area contributed by atoms with E-state index < -0.39 is 0 Å². The van der Waals surface area contributed by atoms with Gasteiger partial charge in [-0.15, -0.1) is 0 Å². The van der Waals surface area contributed by atoms with Crippen LogP contribution in [0.2, 0.25) is 0 Å². The minimum absolute atomic E-state index is 0.0934. The molecule has 4 heteroatoms. The Balaban J connectivity index is 2.92. The van der Waals surface area contributed by atoms with E-state index in [0.717, 1.165) is 18.8 Å². The van der Waals surface area contributed by atoms with E-state index >= 15 is 0 Å². The average molecular weight is 235 g/mol. The zero-order valence-corrected chi connectivity index (χ0v) is 11.0. The second-order valence-corrected chi connectivity index (χ2v) is 4.35. The van der Waals surface area contributed by atoms with Gasteiger partial charge in [-0.05, 0) is 18.1 Å². The molecule has 0 aliphatic rings. The third kappa shape index (κ3) is 3.44. The lowest BCUT2D eigenvalue weighted by molar-refractivity contribution is 0.0963. The molecular formula is C13H21N3O. The maximum atomic E-state index is 11.7. The Bertz CT molecular complexity index is 379. The summed E-state index contributed by atoms with van der Waals surface area (Å²) >= 11 is 0. The molecule has 1 N–H and O–H groups in total. The molecule has 0 radical (unpaired) electrons. The predicted molar refractivity (Wildman–Crippen MR) is 70.4 cm³/mol. The number of nitrogens with one attached hydrogen (secondary N) is 1. The van der Waals surface area contributed by atoms with Gasteiger partial charge in [-0.3, -0.25) is 4.79 Å². The second-order valence-electron chi connectivity index (χ2n) is 4.35. The fourth-order valence-corrected chi connectivity index (χ4v) is 1.70. The number of carbonyl (C=O) groups is 1. The van der Waals surface area contributed by atoms with Crippen LogP contribution >= 0.6 is 0 Å². The number of hydrogen-bond acceptors (Lipinski definition) is 3. The van der Waals surface area contributed by atoms with E-state index in [1.54, 1.807) is 25.4 Å². The van der Waals surface area contributed by atoms with Crippen LogP contribution in [0.4, 0.5) is 5.82 Å². The predicted octanol–water partition coefficient (Wildman–Crippen LogP) is 1.92. The van der Waals surface area contributed by atoms with Gasteiger partial charge in [0.2, 0.25) is 0 Å². The molecule has 1 atom stereocenters. The molecule has 0 bridgehead atoms. The van der Waals surface area contributed by atoms with Crippen molar-refractivity contribution in [2.75, 3.05) is 25.5 Å². The number of rotatable bonds is 5. The van der Waals surface area contributed by atoms with E-state index in [2.05, 4.69) is 24.1 Å². The second kappa shape index (κ2) is 6.23. The van der Waals surface area contributed by atoms with Crippen molar-refractivity contribution in [3.05, 3.63) is 23.9 Å². The highest BCUT2D eigenvalue weighted by Crippen LogP contribution is 2.17. The van der Waals surface area contributed by atoms with E-state index in [-0.39, 0.29) is 5.91 Å². The number of carbonyl (C=O) groups excluding carboxylic acids is 1. The Kier molecular flexibility index (Phi) is 4.94. The highest BCUT2D eigenvalue weighted by atomic mass is 16.1. The van der Waals surface area contributed by atoms with Gasteiger partial charge in [0.05, 0.1) is 5.56 Å². The molecular weight excluding hydrogens is 214 g/mol. The highest BCUT2D eigenvalue weighted by molar-refractivity contribution is 5.98. The summed E-state index contributed by atoms with van der Waals surface area (Å²) in [7, 11) is 3.61. The first kappa shape index (κ1) is 13.5. The Morgan fingerprint density at radius 3 is 2.88 bits per heavy atom. The van der Waals surface area contributed by atoms with Crippen molar-refractivity contribution in [3.8, 4) is 0 Å². The van der Waals surface area contributed by atoms with Crippen molar-refractivity contribution < 1.29 is 4.79 Å². The van der Waals surface area contributed by atoms with E-state index in [1.165, 1.54) is 0 Å². The van der Waals surface area contributed by atoms with Crippen molar-refractivity contribution >= 4 is 11.7 Å². The normalized spacial score (nSPS) is 12.0. The van der Waals surface area contributed by atoms with Gasteiger partial charge in [0.15, 0.2) is 0 Å². The average Bonchev–Trinajstić information content (AvgIpc) is 2.37. The van der Waals surface area contributed by atoms with Crippen LogP contribution in [-0.2, 0) is 0 Å². The maximum Gasteiger partial charge on any atom is 0.254 e. The number of amides is 1. The quantitative estimate of drug-likeness (QED) is 0.848. The molecule has 4 nitrogen and oxygen atoms in total. The van der Waals surface area contributed by atoms with Crippen molar-refractivity contribution in [1.29, 1.82) is 0 Å². The molecule has 0 aliphatic carbocycles. The molecule has 1 rings (SSSR count). The summed E-state index contributed by atoms with van der Waals surface area (Å²) in [6.07, 6.45) is 2.83. The van der Waals surface area contributed by atoms with Gasteiger partial charge >= 0.3 is 0 Å². The topological polar surface area (TPSA) is 45.2 Å². The fourth-order valence-electron chi connectivity index (χ4n) is 1.70. The summed E-state index contributed by atoms with van der Waals surface area (Å²) in [6.45, 7) is 5.26. The highest BCUT2D eigenvalue weighted by Gasteiger charge is 2.15. The van der Waals surface area contributed by atoms with E-state index in [1.807, 2.05) is 11.9 Å². The lowest BCUT2D eigenvalue weighted by atomic mass is 10.1. The Labute approximate surface area is 103 Å². The monoisotopic (exact) mass is 235 g/mol. The zero-order valence-electron chi connectivity index (χ0n) is 11.0. The van der Waals surface area contributed by atoms with Crippen molar-refractivity contribution in [2.24, 2.45) is 5.92 Å². The summed E-state index contributed by atoms with van der Waals surface area (Å²) in [5.41, 5.74) is 0.626. The molecule has 0 aromatic carbocycles. The van der Waals surface area contributed by atoms with Crippen LogP contribution in [0.15, 0.2) is 18.3 Å². The molecule has 1 aromatic rings. The van der Waals surface area contributed by atoms with Crippen LogP contribution in [0.3, 0.4) is 0 Å². The van der Waals surface area contributed by atoms with Gasteiger partial charge in [0.25, 0.3) is 5.91 Å². The molecule has 17 heavy (non-hydrogen) atoms. The number of aromatic nitrogens is 1. The van der Waals surface area contributed by atoms with Crippen LogP contribution < -0.4 is 10.2 Å². The van der Waals surface area contributed by atoms with Crippen molar-refractivity contribution in [1.82, 2.24) is 10.3 Å². The van der Waals surface area contributed by atoms with Gasteiger partial charge in [0, 0.05) is 26.8 Å². The first-order valence-electron chi connectivity index (χ1n) is 5.98. The standard InChI is InChI=1S/C13H21N3O/c1-5-10(2)9-16(4)12-11(13(17)14-3)7-6-8-15-12/h6-8,10H,5,9H2,1-4H3,(H,14,17). The summed E-state index contributed by atoms with van der Waals surface area (Å²) in [6, 6.07) is 3.58. The largest absolute Gasteiger partial charge is 0.359 e. The Morgan fingerprint density at radius 2 is 2.29 bits per heavy atom. The lowest BCUT2D eigenvalue weighted by Gasteiger charge is -2.23. The molecule has 0 saturated heterocycles. The molecule has 0 spiro atoms. The Morgan fingerprint density at radius 1 is 1.59 bits per heavy atom. The van der Waals surface area contributed by atoms with E-state index in [4.69, 9.17) is 0 Å². The van der Waals surface area contributed by atoms with Crippen LogP contribution in [0, 0.1) is 5.92 Å². The molecule has 0 fully saturated rings. The third-order valence-electron chi connectivity index (χ3n) is 2.90. The first-order chi connectivity index (χ1) is 8.10. The number of nitrogens with zero attached hydrogens (tertiary/aromatic N) is 2. The van der Waals surface area contributed by atoms with Crippen molar-refractivity contribution in [2.45, 2.75) is 20.3 Å². The molecule has 1 unspecified atom stereocenters. The molecule has 0 saturated carbocycles. The smallest absolute Gasteiger partial charge is 0.254 e. The molecule has 94 valence electrons. The Hall–Kier alpha value is -1.58. The van der Waals surface area contributed by atoms with Crippen LogP contribution in [0.25, 0.3) is 0 Å². The van der Waals surface area contributed by atoms with E-state index in [0.29, 0.717) is 11.5 Å². The minimum Gasteiger partial charge on any atom is -0.359 e. The van der Waals surface area contributed by atoms with Gasteiger partial charge < -0.3 is 10.2 Å². The van der Waals surface area contributed by atoms with Crippen molar-refractivity contribution in [3.63, 3.8) is 0 Å². The molecule has 1 amide bonds. The van der Waals surface area contributed by atoms with Crippen LogP contribution in [0.1, 0.15) is 30.6 Å². The molecule has 1 heterocycles. The number of pyridine rings is 1. The van der Waals surface area contributed by atoms with Gasteiger partial charge in [-0.2, -0.15) is 0 Å². The van der Waals surface area contributed by atoms with Gasteiger partial charge in [0.1, 0.15) is 5.82 Å². The van der Waals surface area contributed by atoms with Crippen LogP contribution in [-0.4, -0.2) is 31.5 Å². The third-order valence-corrected chi connectivity index (χ3v) is 2.90. The number of anilines is 1. The number of hydrogen-bond donors (Lipinski definition) is 1. The lowest BCUT2D eigenvalue weighted by Crippen LogP contribution is -2.28. The maximum absolute atomic E-state index is 11.7. The summed E-state index contributed by atoms with van der Waals surface area (Å²) in [5.74, 6) is 1.23. The molecule has 1 aromatic heterocycles. The SMILES string of the molecule is CCC(C)CN(C)c1ncccc1C(=O)NC. The fraction of sp³-hybridized carbons (Fsp3) is 0.538. The van der Waals surface area contributed by atoms with E-state index in [9.17, 15) is 4.79 Å². The first-order valence-corrected chi connectivity index (χ1v) is 5.98. The van der Waals surface area contributed by atoms with Gasteiger partial charge in [-0.25, -0.2) is 4.98 Å².